The fourth-order valence-corrected chi connectivity index (χ4v) is 6.11. The molecule has 0 amide bonds. The predicted molar refractivity (Wildman–Crippen MR) is 149 cm³/mol. The Balaban J connectivity index is 1.50. The zero-order valence-corrected chi connectivity index (χ0v) is 22.7. The molecule has 2 heterocycles. The van der Waals surface area contributed by atoms with E-state index in [9.17, 15) is 8.42 Å². The van der Waals surface area contributed by atoms with Gasteiger partial charge in [0.25, 0.3) is 10.0 Å². The van der Waals surface area contributed by atoms with Crippen LogP contribution in [0.2, 0.25) is 0 Å². The van der Waals surface area contributed by atoms with E-state index in [2.05, 4.69) is 34.0 Å². The summed E-state index contributed by atoms with van der Waals surface area (Å²) in [7, 11) is -3.87. The molecule has 1 saturated heterocycles. The first-order valence-electron chi connectivity index (χ1n) is 12.4. The third-order valence-corrected chi connectivity index (χ3v) is 8.73. The molecule has 4 rings (SSSR count). The zero-order chi connectivity index (χ0) is 26.4. The lowest BCUT2D eigenvalue weighted by Crippen LogP contribution is -2.44. The van der Waals surface area contributed by atoms with Crippen LogP contribution < -0.4 is 9.62 Å². The number of anilines is 1. The van der Waals surface area contributed by atoms with Crippen LogP contribution in [0.15, 0.2) is 66.0 Å². The number of likely N-dealkylation sites (tertiary alicyclic amines) is 1. The van der Waals surface area contributed by atoms with Crippen LogP contribution in [0.3, 0.4) is 0 Å². The van der Waals surface area contributed by atoms with Crippen LogP contribution in [-0.4, -0.2) is 48.0 Å². The molecule has 0 saturated carbocycles. The molecule has 1 aromatic heterocycles. The molecule has 0 spiro atoms. The summed E-state index contributed by atoms with van der Waals surface area (Å²) in [6, 6.07) is 15.8. The molecule has 37 heavy (non-hydrogen) atoms. The summed E-state index contributed by atoms with van der Waals surface area (Å²) in [6.07, 6.45) is 5.12. The second-order valence-corrected chi connectivity index (χ2v) is 11.9. The Morgan fingerprint density at radius 1 is 1.19 bits per heavy atom. The first-order valence-corrected chi connectivity index (χ1v) is 14.3. The van der Waals surface area contributed by atoms with E-state index >= 15 is 0 Å². The number of nitrogens with zero attached hydrogens (tertiary/aromatic N) is 4. The molecule has 194 valence electrons. The minimum absolute atomic E-state index is 0.112. The number of imidazole rings is 1. The molecular weight excluding hydrogens is 504 g/mol. The molecule has 0 aliphatic carbocycles. The molecule has 0 radical (unpaired) electrons. The molecule has 0 atom stereocenters. The quantitative estimate of drug-likeness (QED) is 0.412. The summed E-state index contributed by atoms with van der Waals surface area (Å²) in [5.74, 6) is 0.942. The number of nitrogens with one attached hydrogen (secondary N) is 2. The van der Waals surface area contributed by atoms with Crippen molar-refractivity contribution in [1.29, 1.82) is 5.26 Å². The van der Waals surface area contributed by atoms with E-state index in [0.29, 0.717) is 28.8 Å². The summed E-state index contributed by atoms with van der Waals surface area (Å²) in [5.41, 5.74) is 2.85. The highest BCUT2D eigenvalue weighted by Gasteiger charge is 2.27. The van der Waals surface area contributed by atoms with Gasteiger partial charge in [-0.1, -0.05) is 26.0 Å². The standard InChI is InChI=1S/C27H32N6O2S2/c1-20(2)16-30-27(36)32-13-11-23(12-14-32)22-5-7-25(8-6-22)33(18-24-17-29-19-31-24)37(34,35)26-9-3-21(15-28)4-10-26/h3-10,17,19-20,23H,11-14,16,18H2,1-2H3,(H,29,31)(H,30,36). The second kappa shape index (κ2) is 11.8. The van der Waals surface area contributed by atoms with Crippen molar-refractivity contribution in [1.82, 2.24) is 20.2 Å². The van der Waals surface area contributed by atoms with Crippen LogP contribution >= 0.6 is 12.2 Å². The van der Waals surface area contributed by atoms with Crippen molar-refractivity contribution in [2.75, 3.05) is 23.9 Å². The number of nitriles is 1. The minimum atomic E-state index is -3.87. The van der Waals surface area contributed by atoms with E-state index in [-0.39, 0.29) is 11.4 Å². The van der Waals surface area contributed by atoms with Crippen molar-refractivity contribution in [3.05, 3.63) is 77.9 Å². The van der Waals surface area contributed by atoms with Crippen LogP contribution in [0, 0.1) is 17.2 Å². The normalized spacial score (nSPS) is 14.4. The van der Waals surface area contributed by atoms with Gasteiger partial charge in [-0.3, -0.25) is 4.31 Å². The fraction of sp³-hybridized carbons (Fsp3) is 0.370. The Labute approximate surface area is 224 Å². The number of H-pyrrole nitrogens is 1. The van der Waals surface area contributed by atoms with Crippen LogP contribution in [-0.2, 0) is 16.6 Å². The van der Waals surface area contributed by atoms with Gasteiger partial charge in [0.2, 0.25) is 0 Å². The van der Waals surface area contributed by atoms with Gasteiger partial charge in [-0.05, 0) is 78.9 Å². The molecule has 1 aliphatic heterocycles. The molecule has 0 bridgehead atoms. The highest BCUT2D eigenvalue weighted by atomic mass is 32.2. The molecule has 8 nitrogen and oxygen atoms in total. The smallest absolute Gasteiger partial charge is 0.264 e. The van der Waals surface area contributed by atoms with E-state index in [1.807, 2.05) is 30.3 Å². The summed E-state index contributed by atoms with van der Waals surface area (Å²) >= 11 is 5.56. The average Bonchev–Trinajstić information content (AvgIpc) is 3.44. The Bertz CT molecular complexity index is 1320. The summed E-state index contributed by atoms with van der Waals surface area (Å²) in [4.78, 5) is 9.38. The SMILES string of the molecule is CC(C)CNC(=S)N1CCC(c2ccc(N(Cc3cnc[nH]3)S(=O)(=O)c3ccc(C#N)cc3)cc2)CC1. The van der Waals surface area contributed by atoms with Crippen LogP contribution in [0.1, 0.15) is 49.4 Å². The highest BCUT2D eigenvalue weighted by molar-refractivity contribution is 7.92. The molecule has 1 fully saturated rings. The van der Waals surface area contributed by atoms with Gasteiger partial charge in [-0.15, -0.1) is 0 Å². The summed E-state index contributed by atoms with van der Waals surface area (Å²) in [6.45, 7) is 7.11. The van der Waals surface area contributed by atoms with Gasteiger partial charge >= 0.3 is 0 Å². The Morgan fingerprint density at radius 3 is 2.43 bits per heavy atom. The second-order valence-electron chi connectivity index (χ2n) is 9.66. The van der Waals surface area contributed by atoms with Crippen LogP contribution in [0.25, 0.3) is 0 Å². The lowest BCUT2D eigenvalue weighted by atomic mass is 9.89. The molecule has 0 unspecified atom stereocenters. The maximum atomic E-state index is 13.6. The molecule has 1 aliphatic rings. The van der Waals surface area contributed by atoms with Gasteiger partial charge in [0.05, 0.1) is 40.8 Å². The average molecular weight is 537 g/mol. The monoisotopic (exact) mass is 536 g/mol. The Morgan fingerprint density at radius 2 is 1.86 bits per heavy atom. The Hall–Kier alpha value is -3.42. The van der Waals surface area contributed by atoms with Gasteiger partial charge < -0.3 is 15.2 Å². The maximum absolute atomic E-state index is 13.6. The zero-order valence-electron chi connectivity index (χ0n) is 21.1. The fourth-order valence-electron chi connectivity index (χ4n) is 4.40. The molecular formula is C27H32N6O2S2. The number of hydrogen-bond donors (Lipinski definition) is 2. The van der Waals surface area contributed by atoms with Crippen molar-refractivity contribution < 1.29 is 8.42 Å². The summed E-state index contributed by atoms with van der Waals surface area (Å²) in [5, 5.41) is 13.2. The predicted octanol–water partition coefficient (Wildman–Crippen LogP) is 4.39. The van der Waals surface area contributed by atoms with Crippen molar-refractivity contribution in [3.8, 4) is 6.07 Å². The molecule has 3 aromatic rings. The number of hydrogen-bond acceptors (Lipinski definition) is 5. The van der Waals surface area contributed by atoms with Gasteiger partial charge in [-0.25, -0.2) is 13.4 Å². The third-order valence-electron chi connectivity index (χ3n) is 6.54. The largest absolute Gasteiger partial charge is 0.362 e. The number of aromatic nitrogens is 2. The topological polar surface area (TPSA) is 105 Å². The first kappa shape index (κ1) is 26.6. The van der Waals surface area contributed by atoms with E-state index in [0.717, 1.165) is 37.6 Å². The van der Waals surface area contributed by atoms with Gasteiger partial charge in [0.15, 0.2) is 5.11 Å². The first-order chi connectivity index (χ1) is 17.8. The van der Waals surface area contributed by atoms with Crippen molar-refractivity contribution >= 4 is 33.0 Å². The van der Waals surface area contributed by atoms with Gasteiger partial charge in [-0.2, -0.15) is 5.26 Å². The Kier molecular flexibility index (Phi) is 8.46. The van der Waals surface area contributed by atoms with E-state index in [4.69, 9.17) is 17.5 Å². The van der Waals surface area contributed by atoms with Crippen molar-refractivity contribution in [2.45, 2.75) is 44.0 Å². The number of piperidine rings is 1. The van der Waals surface area contributed by atoms with Gasteiger partial charge in [0, 0.05) is 25.8 Å². The summed E-state index contributed by atoms with van der Waals surface area (Å²) < 4.78 is 28.6. The molecule has 10 heteroatoms. The number of aromatic amines is 1. The van der Waals surface area contributed by atoms with E-state index in [1.54, 1.807) is 6.20 Å². The van der Waals surface area contributed by atoms with Crippen LogP contribution in [0.5, 0.6) is 0 Å². The molecule has 2 aromatic carbocycles. The van der Waals surface area contributed by atoms with E-state index < -0.39 is 10.0 Å². The molecule has 2 N–H and O–H groups in total. The van der Waals surface area contributed by atoms with Crippen molar-refractivity contribution in [3.63, 3.8) is 0 Å². The van der Waals surface area contributed by atoms with Gasteiger partial charge in [0.1, 0.15) is 0 Å². The number of benzene rings is 2. The third kappa shape index (κ3) is 6.48. The number of sulfonamides is 1. The van der Waals surface area contributed by atoms with Crippen molar-refractivity contribution in [2.24, 2.45) is 5.92 Å². The lowest BCUT2D eigenvalue weighted by molar-refractivity contribution is 0.308. The highest BCUT2D eigenvalue weighted by Crippen LogP contribution is 2.31. The lowest BCUT2D eigenvalue weighted by Gasteiger charge is -2.34. The maximum Gasteiger partial charge on any atom is 0.264 e. The number of rotatable bonds is 8. The number of thiocarbonyl (C=S) groups is 1. The van der Waals surface area contributed by atoms with E-state index in [1.165, 1.54) is 40.5 Å². The van der Waals surface area contributed by atoms with Crippen LogP contribution in [0.4, 0.5) is 5.69 Å². The minimum Gasteiger partial charge on any atom is -0.362 e.